The molecule has 1 atom stereocenters. The highest BCUT2D eigenvalue weighted by Gasteiger charge is 2.20. The fourth-order valence-corrected chi connectivity index (χ4v) is 2.80. The third-order valence-corrected chi connectivity index (χ3v) is 3.94. The molecule has 5 heteroatoms. The van der Waals surface area contributed by atoms with Crippen LogP contribution < -0.4 is 10.1 Å². The molecular weight excluding hydrogens is 278 g/mol. The number of amides is 1. The van der Waals surface area contributed by atoms with Crippen LogP contribution in [0.25, 0.3) is 0 Å². The first-order valence-electron chi connectivity index (χ1n) is 7.76. The molecule has 1 aromatic heterocycles. The van der Waals surface area contributed by atoms with Gasteiger partial charge in [-0.3, -0.25) is 4.79 Å². The quantitative estimate of drug-likeness (QED) is 0.918. The molecule has 0 bridgehead atoms. The number of aromatic nitrogens is 2. The Hall–Kier alpha value is -2.30. The molecule has 22 heavy (non-hydrogen) atoms. The molecular formula is C17H21N3O2. The van der Waals surface area contributed by atoms with Crippen molar-refractivity contribution in [2.45, 2.75) is 38.8 Å². The first kappa shape index (κ1) is 14.6. The van der Waals surface area contributed by atoms with Gasteiger partial charge in [0.2, 0.25) is 5.91 Å². The Morgan fingerprint density at radius 3 is 3.18 bits per heavy atom. The number of hydrogen-bond acceptors (Lipinski definition) is 3. The van der Waals surface area contributed by atoms with Crippen LogP contribution in [0.3, 0.4) is 0 Å². The average Bonchev–Trinajstić information content (AvgIpc) is 3.00. The summed E-state index contributed by atoms with van der Waals surface area (Å²) in [4.78, 5) is 16.4. The summed E-state index contributed by atoms with van der Waals surface area (Å²) >= 11 is 0. The van der Waals surface area contributed by atoms with Crippen LogP contribution in [-0.4, -0.2) is 28.1 Å². The SMILES string of the molecule is CCc1nccn1CCC(=O)N[C@@H]1COc2ccccc2C1. The van der Waals surface area contributed by atoms with Gasteiger partial charge in [-0.25, -0.2) is 4.98 Å². The van der Waals surface area contributed by atoms with Crippen LogP contribution in [0.1, 0.15) is 24.7 Å². The van der Waals surface area contributed by atoms with E-state index in [9.17, 15) is 4.79 Å². The second kappa shape index (κ2) is 6.64. The van der Waals surface area contributed by atoms with Gasteiger partial charge in [0.1, 0.15) is 18.2 Å². The zero-order chi connectivity index (χ0) is 15.4. The maximum Gasteiger partial charge on any atom is 0.222 e. The van der Waals surface area contributed by atoms with E-state index >= 15 is 0 Å². The number of para-hydroxylation sites is 1. The maximum absolute atomic E-state index is 12.1. The van der Waals surface area contributed by atoms with Crippen LogP contribution in [0.15, 0.2) is 36.7 Å². The summed E-state index contributed by atoms with van der Waals surface area (Å²) in [5.74, 6) is 2.01. The minimum absolute atomic E-state index is 0.0517. The minimum Gasteiger partial charge on any atom is -0.491 e. The number of carbonyl (C=O) groups excluding carboxylic acids is 1. The Bertz CT molecular complexity index is 651. The minimum atomic E-state index is 0.0517. The molecule has 3 rings (SSSR count). The number of nitrogens with zero attached hydrogens (tertiary/aromatic N) is 2. The highest BCUT2D eigenvalue weighted by Crippen LogP contribution is 2.23. The Kier molecular flexibility index (Phi) is 4.42. The van der Waals surface area contributed by atoms with Crippen LogP contribution in [0, 0.1) is 0 Å². The predicted molar refractivity (Wildman–Crippen MR) is 83.8 cm³/mol. The second-order valence-corrected chi connectivity index (χ2v) is 5.53. The van der Waals surface area contributed by atoms with Crippen molar-refractivity contribution in [2.75, 3.05) is 6.61 Å². The summed E-state index contributed by atoms with van der Waals surface area (Å²) in [7, 11) is 0. The molecule has 0 fully saturated rings. The van der Waals surface area contributed by atoms with E-state index in [0.29, 0.717) is 19.6 Å². The lowest BCUT2D eigenvalue weighted by Crippen LogP contribution is -2.42. The maximum atomic E-state index is 12.1. The number of hydrogen-bond donors (Lipinski definition) is 1. The van der Waals surface area contributed by atoms with Crippen molar-refractivity contribution in [2.24, 2.45) is 0 Å². The van der Waals surface area contributed by atoms with E-state index in [1.807, 2.05) is 35.0 Å². The molecule has 0 saturated carbocycles. The van der Waals surface area contributed by atoms with Crippen molar-refractivity contribution < 1.29 is 9.53 Å². The van der Waals surface area contributed by atoms with Crippen molar-refractivity contribution in [3.63, 3.8) is 0 Å². The third kappa shape index (κ3) is 3.30. The van der Waals surface area contributed by atoms with Crippen molar-refractivity contribution in [3.8, 4) is 5.75 Å². The number of benzene rings is 1. The number of imidazole rings is 1. The van der Waals surface area contributed by atoms with Crippen LogP contribution in [0.5, 0.6) is 5.75 Å². The molecule has 1 aromatic carbocycles. The molecule has 0 unspecified atom stereocenters. The fourth-order valence-electron chi connectivity index (χ4n) is 2.80. The van der Waals surface area contributed by atoms with E-state index in [4.69, 9.17) is 4.74 Å². The lowest BCUT2D eigenvalue weighted by molar-refractivity contribution is -0.122. The number of fused-ring (bicyclic) bond motifs is 1. The van der Waals surface area contributed by atoms with Crippen molar-refractivity contribution in [1.82, 2.24) is 14.9 Å². The first-order chi connectivity index (χ1) is 10.8. The van der Waals surface area contributed by atoms with E-state index in [0.717, 1.165) is 30.0 Å². The van der Waals surface area contributed by atoms with Gasteiger partial charge >= 0.3 is 0 Å². The topological polar surface area (TPSA) is 56.2 Å². The molecule has 0 spiro atoms. The van der Waals surface area contributed by atoms with Crippen molar-refractivity contribution in [3.05, 3.63) is 48.0 Å². The molecule has 0 radical (unpaired) electrons. The molecule has 1 N–H and O–H groups in total. The monoisotopic (exact) mass is 299 g/mol. The van der Waals surface area contributed by atoms with Gasteiger partial charge in [0, 0.05) is 31.8 Å². The molecule has 5 nitrogen and oxygen atoms in total. The average molecular weight is 299 g/mol. The number of ether oxygens (including phenoxy) is 1. The van der Waals surface area contributed by atoms with Gasteiger partial charge in [-0.2, -0.15) is 0 Å². The summed E-state index contributed by atoms with van der Waals surface area (Å²) < 4.78 is 7.73. The van der Waals surface area contributed by atoms with Gasteiger partial charge in [0.25, 0.3) is 0 Å². The molecule has 2 aromatic rings. The fraction of sp³-hybridized carbons (Fsp3) is 0.412. The first-order valence-corrected chi connectivity index (χ1v) is 7.76. The molecule has 2 heterocycles. The number of rotatable bonds is 5. The van der Waals surface area contributed by atoms with Crippen LogP contribution in [0.4, 0.5) is 0 Å². The predicted octanol–water partition coefficient (Wildman–Crippen LogP) is 1.96. The van der Waals surface area contributed by atoms with E-state index in [1.54, 1.807) is 6.20 Å². The molecule has 0 saturated heterocycles. The third-order valence-electron chi connectivity index (χ3n) is 3.94. The number of carbonyl (C=O) groups is 1. The molecule has 116 valence electrons. The van der Waals surface area contributed by atoms with Crippen molar-refractivity contribution in [1.29, 1.82) is 0 Å². The summed E-state index contributed by atoms with van der Waals surface area (Å²) in [6.07, 6.45) is 5.87. The van der Waals surface area contributed by atoms with E-state index in [1.165, 1.54) is 0 Å². The van der Waals surface area contributed by atoms with Crippen LogP contribution in [0.2, 0.25) is 0 Å². The number of nitrogens with one attached hydrogen (secondary N) is 1. The van der Waals surface area contributed by atoms with Gasteiger partial charge in [0.15, 0.2) is 0 Å². The lowest BCUT2D eigenvalue weighted by atomic mass is 10.0. The largest absolute Gasteiger partial charge is 0.491 e. The molecule has 1 aliphatic heterocycles. The highest BCUT2D eigenvalue weighted by molar-refractivity contribution is 5.76. The summed E-state index contributed by atoms with van der Waals surface area (Å²) in [6, 6.07) is 8.04. The molecule has 0 aliphatic carbocycles. The van der Waals surface area contributed by atoms with Crippen LogP contribution in [-0.2, 0) is 24.2 Å². The van der Waals surface area contributed by atoms with Gasteiger partial charge in [-0.1, -0.05) is 25.1 Å². The molecule has 1 aliphatic rings. The summed E-state index contributed by atoms with van der Waals surface area (Å²) in [6.45, 7) is 3.27. The Labute approximate surface area is 130 Å². The Balaban J connectivity index is 1.51. The standard InChI is InChI=1S/C17H21N3O2/c1-2-16-18-8-10-20(16)9-7-17(21)19-14-11-13-5-3-4-6-15(13)22-12-14/h3-6,8,10,14H,2,7,9,11-12H2,1H3,(H,19,21)/t14-/m0/s1. The van der Waals surface area contributed by atoms with Gasteiger partial charge in [-0.15, -0.1) is 0 Å². The van der Waals surface area contributed by atoms with E-state index in [2.05, 4.69) is 17.2 Å². The van der Waals surface area contributed by atoms with E-state index in [-0.39, 0.29) is 11.9 Å². The Morgan fingerprint density at radius 2 is 2.32 bits per heavy atom. The van der Waals surface area contributed by atoms with Gasteiger partial charge < -0.3 is 14.6 Å². The van der Waals surface area contributed by atoms with Gasteiger partial charge in [-0.05, 0) is 18.1 Å². The second-order valence-electron chi connectivity index (χ2n) is 5.53. The summed E-state index contributed by atoms with van der Waals surface area (Å²) in [5.41, 5.74) is 1.15. The zero-order valence-corrected chi connectivity index (χ0v) is 12.8. The highest BCUT2D eigenvalue weighted by atomic mass is 16.5. The smallest absolute Gasteiger partial charge is 0.222 e. The number of aryl methyl sites for hydroxylation is 2. The van der Waals surface area contributed by atoms with Crippen molar-refractivity contribution >= 4 is 5.91 Å². The summed E-state index contributed by atoms with van der Waals surface area (Å²) in [5, 5.41) is 3.06. The van der Waals surface area contributed by atoms with Crippen LogP contribution >= 0.6 is 0 Å². The normalized spacial score (nSPS) is 16.7. The lowest BCUT2D eigenvalue weighted by Gasteiger charge is -2.26. The van der Waals surface area contributed by atoms with E-state index < -0.39 is 0 Å². The zero-order valence-electron chi connectivity index (χ0n) is 12.8. The molecule has 1 amide bonds. The Morgan fingerprint density at radius 1 is 1.45 bits per heavy atom. The van der Waals surface area contributed by atoms with Gasteiger partial charge in [0.05, 0.1) is 6.04 Å².